The molecule has 8 N–H and O–H groups in total. The molecule has 0 aromatic heterocycles. The summed E-state index contributed by atoms with van der Waals surface area (Å²) < 4.78 is 5.74. The maximum absolute atomic E-state index is 14.0. The summed E-state index contributed by atoms with van der Waals surface area (Å²) >= 11 is 0. The van der Waals surface area contributed by atoms with Gasteiger partial charge in [-0.2, -0.15) is 0 Å². The zero-order chi connectivity index (χ0) is 27.7. The maximum atomic E-state index is 14.0. The van der Waals surface area contributed by atoms with Crippen LogP contribution in [0, 0.1) is 11.8 Å². The number of carbonyl (C=O) groups is 4. The van der Waals surface area contributed by atoms with E-state index in [2.05, 4.69) is 0 Å². The SMILES string of the molecule is CCC(=O)O[C@H]1[C@H]2C(=C(O)c3c(ccc(N)c3O)[C@H]2C)C(=O)[C@]2(O)C(O)=C(C(N)=O)C(=O)[C@@H](N(C)C)[C@H]12. The Balaban J connectivity index is 2.12. The Hall–Kier alpha value is -3.90. The molecule has 0 aliphatic heterocycles. The summed E-state index contributed by atoms with van der Waals surface area (Å²) in [4.78, 5) is 53.5. The lowest BCUT2D eigenvalue weighted by Gasteiger charge is -2.54. The second-order valence-corrected chi connectivity index (χ2v) is 9.83. The summed E-state index contributed by atoms with van der Waals surface area (Å²) in [5, 5.41) is 44.8. The lowest BCUT2D eigenvalue weighted by molar-refractivity contribution is -0.185. The summed E-state index contributed by atoms with van der Waals surface area (Å²) in [6.07, 6.45) is -1.52. The number of aliphatic hydroxyl groups is 3. The minimum Gasteiger partial charge on any atom is -0.508 e. The van der Waals surface area contributed by atoms with Crippen LogP contribution in [0.2, 0.25) is 0 Å². The van der Waals surface area contributed by atoms with Crippen molar-refractivity contribution >= 4 is 34.9 Å². The van der Waals surface area contributed by atoms with Crippen LogP contribution in [0.5, 0.6) is 5.75 Å². The number of primary amides is 1. The van der Waals surface area contributed by atoms with E-state index >= 15 is 0 Å². The van der Waals surface area contributed by atoms with Gasteiger partial charge in [0, 0.05) is 17.9 Å². The topological polar surface area (TPSA) is 214 Å². The van der Waals surface area contributed by atoms with Gasteiger partial charge in [0.2, 0.25) is 5.78 Å². The summed E-state index contributed by atoms with van der Waals surface area (Å²) in [5.41, 5.74) is 6.91. The number of aliphatic hydroxyl groups excluding tert-OH is 2. The number of anilines is 1. The molecule has 0 spiro atoms. The number of nitrogens with zero attached hydrogens (tertiary/aromatic N) is 1. The number of fused-ring (bicyclic) bond motifs is 3. The van der Waals surface area contributed by atoms with Crippen LogP contribution in [0.4, 0.5) is 5.69 Å². The molecule has 12 nitrogen and oxygen atoms in total. The first-order chi connectivity index (χ1) is 17.2. The number of phenolic OH excluding ortho intramolecular Hbond substituents is 1. The second kappa shape index (κ2) is 8.60. The number of amides is 1. The van der Waals surface area contributed by atoms with Crippen LogP contribution < -0.4 is 11.5 Å². The highest BCUT2D eigenvalue weighted by atomic mass is 16.5. The molecule has 12 heteroatoms. The van der Waals surface area contributed by atoms with Gasteiger partial charge in [-0.15, -0.1) is 0 Å². The average Bonchev–Trinajstić information content (AvgIpc) is 2.82. The van der Waals surface area contributed by atoms with Crippen molar-refractivity contribution in [3.8, 4) is 5.75 Å². The number of Topliss-reactive ketones (excluding diaryl/α,β-unsaturated/α-hetero) is 2. The number of ketones is 2. The number of benzene rings is 1. The number of hydrogen-bond acceptors (Lipinski definition) is 11. The molecule has 198 valence electrons. The van der Waals surface area contributed by atoms with Gasteiger partial charge in [0.1, 0.15) is 28.9 Å². The third-order valence-corrected chi connectivity index (χ3v) is 7.69. The Morgan fingerprint density at radius 1 is 1.16 bits per heavy atom. The van der Waals surface area contributed by atoms with Gasteiger partial charge < -0.3 is 36.6 Å². The fraction of sp³-hybridized carbons (Fsp3) is 0.440. The predicted molar refractivity (Wildman–Crippen MR) is 129 cm³/mol. The van der Waals surface area contributed by atoms with E-state index in [0.29, 0.717) is 5.56 Å². The Morgan fingerprint density at radius 2 is 1.78 bits per heavy atom. The number of esters is 1. The first kappa shape index (κ1) is 26.2. The molecule has 1 fully saturated rings. The molecule has 1 saturated carbocycles. The first-order valence-corrected chi connectivity index (χ1v) is 11.7. The lowest BCUT2D eigenvalue weighted by atomic mass is 9.54. The number of nitrogens with two attached hydrogens (primary N) is 2. The summed E-state index contributed by atoms with van der Waals surface area (Å²) in [7, 11) is 2.91. The fourth-order valence-corrected chi connectivity index (χ4v) is 5.98. The number of likely N-dealkylation sites (N-methyl/N-ethyl adjacent to an activating group) is 1. The molecular weight excluding hydrogens is 486 g/mol. The molecule has 37 heavy (non-hydrogen) atoms. The normalized spacial score (nSPS) is 31.1. The predicted octanol–water partition coefficient (Wildman–Crippen LogP) is 0.0389. The second-order valence-electron chi connectivity index (χ2n) is 9.83. The standard InChI is InChI=1S/C25H29N3O9/c1-5-11(29)37-21-12-8(2)9-6-7-10(26)18(30)13(9)19(31)14(12)22(33)25(36)16(21)17(28(3)4)20(32)15(23(25)34)24(27)35/h6-8,12,16-17,21,30-31,34,36H,5,26H2,1-4H3,(H2,27,35)/t8-,12-,16-,17+,21+,25+/m1/s1. The highest BCUT2D eigenvalue weighted by molar-refractivity contribution is 6.24. The zero-order valence-corrected chi connectivity index (χ0v) is 20.7. The van der Waals surface area contributed by atoms with Crippen LogP contribution in [-0.4, -0.2) is 80.6 Å². The van der Waals surface area contributed by atoms with E-state index in [9.17, 15) is 39.6 Å². The average molecular weight is 516 g/mol. The number of carbonyl (C=O) groups excluding carboxylic acids is 4. The van der Waals surface area contributed by atoms with Crippen LogP contribution in [-0.2, 0) is 23.9 Å². The van der Waals surface area contributed by atoms with Crippen LogP contribution in [0.25, 0.3) is 5.76 Å². The number of hydrogen-bond donors (Lipinski definition) is 6. The molecular formula is C25H29N3O9. The molecule has 0 bridgehead atoms. The molecule has 3 aliphatic carbocycles. The quantitative estimate of drug-likeness (QED) is 0.136. The van der Waals surface area contributed by atoms with Crippen LogP contribution >= 0.6 is 0 Å². The van der Waals surface area contributed by atoms with Gasteiger partial charge >= 0.3 is 5.97 Å². The molecule has 1 aromatic rings. The van der Waals surface area contributed by atoms with Crippen molar-refractivity contribution in [2.24, 2.45) is 17.6 Å². The van der Waals surface area contributed by atoms with E-state index in [4.69, 9.17) is 16.2 Å². The number of ether oxygens (including phenoxy) is 1. The Morgan fingerprint density at radius 3 is 2.32 bits per heavy atom. The Labute approximate surface area is 211 Å². The summed E-state index contributed by atoms with van der Waals surface area (Å²) in [5.74, 6) is -10.2. The van der Waals surface area contributed by atoms with E-state index in [1.165, 1.54) is 32.0 Å². The summed E-state index contributed by atoms with van der Waals surface area (Å²) in [6, 6.07) is 1.54. The van der Waals surface area contributed by atoms with Crippen molar-refractivity contribution < 1.29 is 44.3 Å². The number of rotatable bonds is 4. The molecule has 0 radical (unpaired) electrons. The maximum Gasteiger partial charge on any atom is 0.305 e. The molecule has 3 aliphatic rings. The van der Waals surface area contributed by atoms with Gasteiger partial charge in [-0.1, -0.05) is 19.9 Å². The van der Waals surface area contributed by atoms with E-state index < -0.39 is 87.4 Å². The third kappa shape index (κ3) is 3.36. The van der Waals surface area contributed by atoms with Crippen molar-refractivity contribution in [1.29, 1.82) is 0 Å². The Kier molecular flexibility index (Phi) is 6.08. The molecule has 0 saturated heterocycles. The first-order valence-electron chi connectivity index (χ1n) is 11.7. The number of aromatic hydroxyl groups is 1. The van der Waals surface area contributed by atoms with E-state index in [-0.39, 0.29) is 17.7 Å². The summed E-state index contributed by atoms with van der Waals surface area (Å²) in [6.45, 7) is 3.19. The van der Waals surface area contributed by atoms with Crippen LogP contribution in [0.1, 0.15) is 37.3 Å². The van der Waals surface area contributed by atoms with E-state index in [1.807, 2.05) is 0 Å². The zero-order valence-electron chi connectivity index (χ0n) is 20.7. The van der Waals surface area contributed by atoms with Crippen molar-refractivity contribution in [2.75, 3.05) is 19.8 Å². The van der Waals surface area contributed by atoms with Crippen molar-refractivity contribution in [3.05, 3.63) is 40.2 Å². The van der Waals surface area contributed by atoms with Gasteiger partial charge in [0.15, 0.2) is 11.4 Å². The van der Waals surface area contributed by atoms with Gasteiger partial charge in [0.25, 0.3) is 5.91 Å². The minimum absolute atomic E-state index is 0.0833. The van der Waals surface area contributed by atoms with Crippen molar-refractivity contribution in [1.82, 2.24) is 4.90 Å². The number of nitrogen functional groups attached to an aromatic ring is 1. The largest absolute Gasteiger partial charge is 0.508 e. The monoisotopic (exact) mass is 515 g/mol. The van der Waals surface area contributed by atoms with E-state index in [0.717, 1.165) is 0 Å². The Bertz CT molecular complexity index is 1310. The minimum atomic E-state index is -2.97. The highest BCUT2D eigenvalue weighted by Crippen LogP contribution is 2.57. The molecule has 1 aromatic carbocycles. The molecule has 0 unspecified atom stereocenters. The van der Waals surface area contributed by atoms with Crippen molar-refractivity contribution in [3.63, 3.8) is 0 Å². The van der Waals surface area contributed by atoms with Crippen LogP contribution in [0.15, 0.2) is 29.0 Å². The lowest BCUT2D eigenvalue weighted by Crippen LogP contribution is -2.71. The van der Waals surface area contributed by atoms with Gasteiger partial charge in [-0.25, -0.2) is 0 Å². The molecule has 1 amide bonds. The van der Waals surface area contributed by atoms with E-state index in [1.54, 1.807) is 13.0 Å². The van der Waals surface area contributed by atoms with Crippen LogP contribution in [0.3, 0.4) is 0 Å². The van der Waals surface area contributed by atoms with Crippen molar-refractivity contribution in [2.45, 2.75) is 43.9 Å². The molecule has 6 atom stereocenters. The van der Waals surface area contributed by atoms with Gasteiger partial charge in [0.05, 0.1) is 23.2 Å². The van der Waals surface area contributed by atoms with Gasteiger partial charge in [-0.3, -0.25) is 24.1 Å². The van der Waals surface area contributed by atoms with Gasteiger partial charge in [-0.05, 0) is 31.6 Å². The molecule has 4 rings (SSSR count). The third-order valence-electron chi connectivity index (χ3n) is 7.69. The smallest absolute Gasteiger partial charge is 0.305 e. The fourth-order valence-electron chi connectivity index (χ4n) is 5.98. The highest BCUT2D eigenvalue weighted by Gasteiger charge is 2.69. The number of phenols is 1. The molecule has 0 heterocycles.